The minimum Gasteiger partial charge on any atom is -0.395 e. The molecule has 0 atom stereocenters. The average molecular weight is 312 g/mol. The number of aliphatic hydroxyl groups excluding tert-OH is 1. The van der Waals surface area contributed by atoms with E-state index in [9.17, 15) is 26.7 Å². The second kappa shape index (κ2) is 7.32. The van der Waals surface area contributed by atoms with E-state index in [4.69, 9.17) is 5.11 Å². The Labute approximate surface area is 117 Å². The highest BCUT2D eigenvalue weighted by molar-refractivity contribution is 5.92. The second-order valence-corrected chi connectivity index (χ2v) is 4.22. The Morgan fingerprint density at radius 1 is 1.29 bits per heavy atom. The van der Waals surface area contributed by atoms with Crippen molar-refractivity contribution in [2.24, 2.45) is 0 Å². The first kappa shape index (κ1) is 17.3. The van der Waals surface area contributed by atoms with Crippen molar-refractivity contribution in [1.82, 2.24) is 4.90 Å². The molecule has 4 nitrogen and oxygen atoms in total. The summed E-state index contributed by atoms with van der Waals surface area (Å²) >= 11 is 0. The van der Waals surface area contributed by atoms with E-state index in [-0.39, 0.29) is 12.2 Å². The fourth-order valence-electron chi connectivity index (χ4n) is 1.59. The van der Waals surface area contributed by atoms with Gasteiger partial charge in [-0.2, -0.15) is 13.2 Å². The molecule has 0 spiro atoms. The lowest BCUT2D eigenvalue weighted by Gasteiger charge is -2.22. The molecule has 2 N–H and O–H groups in total. The van der Waals surface area contributed by atoms with Gasteiger partial charge in [0.2, 0.25) is 5.91 Å². The van der Waals surface area contributed by atoms with Gasteiger partial charge in [-0.15, -0.1) is 0 Å². The van der Waals surface area contributed by atoms with Gasteiger partial charge in [0.05, 0.1) is 25.4 Å². The Hall–Kier alpha value is -1.74. The number of anilines is 1. The lowest BCUT2D eigenvalue weighted by atomic mass is 10.3. The SMILES string of the molecule is O=C(CN(CCO)CC(F)(F)F)Nc1ccc(F)cc1F. The smallest absolute Gasteiger partial charge is 0.395 e. The molecule has 1 rings (SSSR count). The molecule has 1 aromatic carbocycles. The van der Waals surface area contributed by atoms with E-state index < -0.39 is 43.4 Å². The Kier molecular flexibility index (Phi) is 6.03. The molecule has 0 saturated carbocycles. The van der Waals surface area contributed by atoms with Crippen LogP contribution in [0.15, 0.2) is 18.2 Å². The van der Waals surface area contributed by atoms with E-state index >= 15 is 0 Å². The van der Waals surface area contributed by atoms with Crippen molar-refractivity contribution >= 4 is 11.6 Å². The minimum absolute atomic E-state index is 0.336. The molecule has 1 aromatic rings. The summed E-state index contributed by atoms with van der Waals surface area (Å²) in [5.41, 5.74) is -0.336. The number of nitrogens with one attached hydrogen (secondary N) is 1. The number of hydrogen-bond donors (Lipinski definition) is 2. The summed E-state index contributed by atoms with van der Waals surface area (Å²) in [7, 11) is 0. The number of benzene rings is 1. The van der Waals surface area contributed by atoms with Crippen molar-refractivity contribution < 1.29 is 31.9 Å². The van der Waals surface area contributed by atoms with Gasteiger partial charge in [-0.3, -0.25) is 9.69 Å². The Morgan fingerprint density at radius 2 is 1.95 bits per heavy atom. The molecule has 118 valence electrons. The molecule has 0 heterocycles. The third-order valence-electron chi connectivity index (χ3n) is 2.39. The van der Waals surface area contributed by atoms with Crippen molar-refractivity contribution in [1.29, 1.82) is 0 Å². The van der Waals surface area contributed by atoms with Crippen molar-refractivity contribution in [3.8, 4) is 0 Å². The molecule has 0 aromatic heterocycles. The molecule has 0 bridgehead atoms. The van der Waals surface area contributed by atoms with Crippen molar-refractivity contribution in [2.45, 2.75) is 6.18 Å². The average Bonchev–Trinajstić information content (AvgIpc) is 2.31. The van der Waals surface area contributed by atoms with E-state index in [0.29, 0.717) is 11.0 Å². The summed E-state index contributed by atoms with van der Waals surface area (Å²) in [5, 5.41) is 10.7. The number of amides is 1. The molecular formula is C12H13F5N2O2. The number of hydrogen-bond acceptors (Lipinski definition) is 3. The van der Waals surface area contributed by atoms with Crippen LogP contribution >= 0.6 is 0 Å². The van der Waals surface area contributed by atoms with E-state index in [1.165, 1.54) is 0 Å². The topological polar surface area (TPSA) is 52.6 Å². The van der Waals surface area contributed by atoms with E-state index in [1.807, 2.05) is 5.32 Å². The van der Waals surface area contributed by atoms with E-state index in [0.717, 1.165) is 12.1 Å². The van der Waals surface area contributed by atoms with Gasteiger partial charge < -0.3 is 10.4 Å². The number of rotatable bonds is 6. The highest BCUT2D eigenvalue weighted by Crippen LogP contribution is 2.17. The van der Waals surface area contributed by atoms with Gasteiger partial charge in [-0.25, -0.2) is 8.78 Å². The van der Waals surface area contributed by atoms with Gasteiger partial charge in [0, 0.05) is 12.6 Å². The van der Waals surface area contributed by atoms with Crippen LogP contribution in [0.5, 0.6) is 0 Å². The molecular weight excluding hydrogens is 299 g/mol. The first-order valence-corrected chi connectivity index (χ1v) is 5.86. The zero-order valence-corrected chi connectivity index (χ0v) is 10.8. The van der Waals surface area contributed by atoms with E-state index in [2.05, 4.69) is 0 Å². The van der Waals surface area contributed by atoms with Gasteiger partial charge in [-0.1, -0.05) is 0 Å². The normalized spacial score (nSPS) is 11.8. The number of halogens is 5. The van der Waals surface area contributed by atoms with Crippen LogP contribution in [0.3, 0.4) is 0 Å². The highest BCUT2D eigenvalue weighted by atomic mass is 19.4. The van der Waals surface area contributed by atoms with Crippen LogP contribution in [0.25, 0.3) is 0 Å². The summed E-state index contributed by atoms with van der Waals surface area (Å²) in [6, 6.07) is 2.40. The van der Waals surface area contributed by atoms with Crippen LogP contribution in [0.2, 0.25) is 0 Å². The van der Waals surface area contributed by atoms with Crippen LogP contribution in [0.4, 0.5) is 27.6 Å². The molecule has 0 aliphatic heterocycles. The molecule has 21 heavy (non-hydrogen) atoms. The van der Waals surface area contributed by atoms with Gasteiger partial charge in [-0.05, 0) is 12.1 Å². The molecule has 0 unspecified atom stereocenters. The molecule has 0 fully saturated rings. The van der Waals surface area contributed by atoms with Gasteiger partial charge >= 0.3 is 6.18 Å². The fourth-order valence-corrected chi connectivity index (χ4v) is 1.59. The molecule has 0 aliphatic rings. The van der Waals surface area contributed by atoms with Crippen LogP contribution < -0.4 is 5.32 Å². The van der Waals surface area contributed by atoms with Gasteiger partial charge in [0.1, 0.15) is 11.6 Å². The minimum atomic E-state index is -4.53. The predicted octanol–water partition coefficient (Wildman–Crippen LogP) is 1.76. The van der Waals surface area contributed by atoms with Gasteiger partial charge in [0.25, 0.3) is 0 Å². The lowest BCUT2D eigenvalue weighted by Crippen LogP contribution is -2.41. The van der Waals surface area contributed by atoms with Gasteiger partial charge in [0.15, 0.2) is 0 Å². The maximum atomic E-state index is 13.3. The van der Waals surface area contributed by atoms with Crippen molar-refractivity contribution in [3.05, 3.63) is 29.8 Å². The summed E-state index contributed by atoms with van der Waals surface area (Å²) in [5.74, 6) is -2.78. The van der Waals surface area contributed by atoms with Crippen LogP contribution in [-0.4, -0.2) is 48.3 Å². The van der Waals surface area contributed by atoms with Crippen LogP contribution in [0.1, 0.15) is 0 Å². The monoisotopic (exact) mass is 312 g/mol. The first-order chi connectivity index (χ1) is 9.71. The maximum absolute atomic E-state index is 13.3. The maximum Gasteiger partial charge on any atom is 0.401 e. The number of carbonyl (C=O) groups is 1. The Bertz CT molecular complexity index is 493. The summed E-state index contributed by atoms with van der Waals surface area (Å²) in [6.45, 7) is -2.99. The third-order valence-corrected chi connectivity index (χ3v) is 2.39. The highest BCUT2D eigenvalue weighted by Gasteiger charge is 2.31. The van der Waals surface area contributed by atoms with Crippen LogP contribution in [0, 0.1) is 11.6 Å². The Morgan fingerprint density at radius 3 is 2.48 bits per heavy atom. The standard InChI is InChI=1S/C12H13F5N2O2/c13-8-1-2-10(9(14)5-8)18-11(21)6-19(3-4-20)7-12(15,16)17/h1-2,5,20H,3-4,6-7H2,(H,18,21). The zero-order valence-electron chi connectivity index (χ0n) is 10.8. The second-order valence-electron chi connectivity index (χ2n) is 4.22. The number of alkyl halides is 3. The largest absolute Gasteiger partial charge is 0.401 e. The number of aliphatic hydroxyl groups is 1. The van der Waals surface area contributed by atoms with Crippen molar-refractivity contribution in [3.63, 3.8) is 0 Å². The molecule has 0 radical (unpaired) electrons. The lowest BCUT2D eigenvalue weighted by molar-refractivity contribution is -0.148. The quantitative estimate of drug-likeness (QED) is 0.787. The molecule has 0 aliphatic carbocycles. The Balaban J connectivity index is 2.65. The number of carbonyl (C=O) groups excluding carboxylic acids is 1. The molecule has 0 saturated heterocycles. The van der Waals surface area contributed by atoms with Crippen molar-refractivity contribution in [2.75, 3.05) is 31.6 Å². The van der Waals surface area contributed by atoms with Crippen LogP contribution in [-0.2, 0) is 4.79 Å². The third kappa shape index (κ3) is 6.50. The summed E-state index contributed by atoms with van der Waals surface area (Å²) in [4.78, 5) is 12.2. The molecule has 9 heteroatoms. The zero-order chi connectivity index (χ0) is 16.0. The summed E-state index contributed by atoms with van der Waals surface area (Å²) < 4.78 is 62.7. The fraction of sp³-hybridized carbons (Fsp3) is 0.417. The first-order valence-electron chi connectivity index (χ1n) is 5.86. The van der Waals surface area contributed by atoms with E-state index in [1.54, 1.807) is 0 Å². The summed E-state index contributed by atoms with van der Waals surface area (Å²) in [6.07, 6.45) is -4.53. The number of nitrogens with zero attached hydrogens (tertiary/aromatic N) is 1. The molecule has 1 amide bonds. The predicted molar refractivity (Wildman–Crippen MR) is 64.6 cm³/mol.